The van der Waals surface area contributed by atoms with Gasteiger partial charge in [-0.15, -0.1) is 6.58 Å². The van der Waals surface area contributed by atoms with Gasteiger partial charge in [0.05, 0.1) is 11.2 Å². The fourth-order valence-electron chi connectivity index (χ4n) is 5.05. The highest BCUT2D eigenvalue weighted by Gasteiger charge is 2.30. The monoisotopic (exact) mass is 527 g/mol. The van der Waals surface area contributed by atoms with Crippen LogP contribution in [0.25, 0.3) is 0 Å². The van der Waals surface area contributed by atoms with E-state index in [-0.39, 0.29) is 5.91 Å². The lowest BCUT2D eigenvalue weighted by atomic mass is 9.82. The van der Waals surface area contributed by atoms with E-state index in [9.17, 15) is 4.79 Å². The molecule has 2 aromatic heterocycles. The van der Waals surface area contributed by atoms with Gasteiger partial charge in [0, 0.05) is 50.3 Å². The minimum Gasteiger partial charge on any atom is -0.369 e. The molecule has 0 bridgehead atoms. The van der Waals surface area contributed by atoms with Gasteiger partial charge < -0.3 is 31.5 Å². The maximum Gasteiger partial charge on any atom is 0.256 e. The van der Waals surface area contributed by atoms with Crippen LogP contribution >= 0.6 is 0 Å². The van der Waals surface area contributed by atoms with Crippen LogP contribution in [-0.4, -0.2) is 65.5 Å². The number of carbonyl (C=O) groups excluding carboxylic acids is 1. The van der Waals surface area contributed by atoms with Crippen molar-refractivity contribution in [1.29, 1.82) is 0 Å². The summed E-state index contributed by atoms with van der Waals surface area (Å²) >= 11 is 0. The maximum absolute atomic E-state index is 12.9. The molecule has 1 aliphatic carbocycles. The summed E-state index contributed by atoms with van der Waals surface area (Å²) < 4.78 is 0. The molecule has 10 nitrogen and oxygen atoms in total. The van der Waals surface area contributed by atoms with Gasteiger partial charge in [0.15, 0.2) is 0 Å². The van der Waals surface area contributed by atoms with Crippen molar-refractivity contribution in [3.05, 3.63) is 72.1 Å². The number of amides is 1. The number of hydrogen-bond acceptors (Lipinski definition) is 9. The predicted octanol–water partition coefficient (Wildman–Crippen LogP) is 3.54. The molecule has 39 heavy (non-hydrogen) atoms. The number of rotatable bonds is 8. The third kappa shape index (κ3) is 6.18. The minimum atomic E-state index is -0.496. The van der Waals surface area contributed by atoms with E-state index in [1.807, 2.05) is 25.1 Å². The van der Waals surface area contributed by atoms with Crippen molar-refractivity contribution >= 4 is 34.9 Å². The van der Waals surface area contributed by atoms with Crippen molar-refractivity contribution in [2.45, 2.75) is 31.7 Å². The first kappa shape index (κ1) is 26.6. The Morgan fingerprint density at radius 2 is 1.87 bits per heavy atom. The minimum absolute atomic E-state index is 0.304. The van der Waals surface area contributed by atoms with Gasteiger partial charge in [-0.2, -0.15) is 4.98 Å². The molecule has 5 rings (SSSR count). The van der Waals surface area contributed by atoms with E-state index >= 15 is 0 Å². The number of piperazine rings is 1. The smallest absolute Gasteiger partial charge is 0.256 e. The average Bonchev–Trinajstić information content (AvgIpc) is 2.93. The Hall–Kier alpha value is -4.02. The predicted molar refractivity (Wildman–Crippen MR) is 156 cm³/mol. The number of carbonyl (C=O) groups is 1. The van der Waals surface area contributed by atoms with Crippen molar-refractivity contribution in [3.63, 3.8) is 0 Å². The van der Waals surface area contributed by atoms with E-state index in [1.165, 1.54) is 11.9 Å². The van der Waals surface area contributed by atoms with Crippen LogP contribution in [0.15, 0.2) is 55.3 Å². The van der Waals surface area contributed by atoms with Crippen molar-refractivity contribution in [3.8, 4) is 0 Å². The Morgan fingerprint density at radius 1 is 1.10 bits per heavy atom. The molecule has 0 saturated carbocycles. The maximum atomic E-state index is 12.9. The Morgan fingerprint density at radius 3 is 2.62 bits per heavy atom. The standard InChI is InChI=1S/C29H37N9O/c1-4-14-31-27(39)23-19-32-28(33-21-8-10-22(11-9-21)38-17-15-37(3)16-18-38)36-26(23)35-24-12-7-20-6-5-13-29(2,30)25(20)34-24/h4,7-12,19H,1,5-6,13-18,30H2,2-3H3,(H,31,39)(H2,32,33,34,35,36). The van der Waals surface area contributed by atoms with E-state index in [1.54, 1.807) is 6.08 Å². The van der Waals surface area contributed by atoms with Crippen molar-refractivity contribution in [2.24, 2.45) is 5.73 Å². The average molecular weight is 528 g/mol. The van der Waals surface area contributed by atoms with Gasteiger partial charge in [-0.1, -0.05) is 12.1 Å². The molecule has 1 saturated heterocycles. The van der Waals surface area contributed by atoms with Gasteiger partial charge >= 0.3 is 0 Å². The largest absolute Gasteiger partial charge is 0.369 e. The van der Waals surface area contributed by atoms with Crippen LogP contribution in [0, 0.1) is 0 Å². The molecule has 1 unspecified atom stereocenters. The van der Waals surface area contributed by atoms with Crippen molar-refractivity contribution in [2.75, 3.05) is 55.3 Å². The molecule has 3 heterocycles. The quantitative estimate of drug-likeness (QED) is 0.326. The van der Waals surface area contributed by atoms with Crippen LogP contribution < -0.4 is 26.6 Å². The molecule has 1 fully saturated rings. The number of fused-ring (bicyclic) bond motifs is 1. The topological polar surface area (TPSA) is 124 Å². The third-order valence-electron chi connectivity index (χ3n) is 7.34. The second kappa shape index (κ2) is 11.4. The molecule has 5 N–H and O–H groups in total. The molecule has 10 heteroatoms. The summed E-state index contributed by atoms with van der Waals surface area (Å²) in [6.07, 6.45) is 6.01. The lowest BCUT2D eigenvalue weighted by molar-refractivity contribution is 0.0958. The van der Waals surface area contributed by atoms with Gasteiger partial charge in [0.2, 0.25) is 5.95 Å². The fraction of sp³-hybridized carbons (Fsp3) is 0.379. The number of nitrogens with one attached hydrogen (secondary N) is 3. The first-order valence-corrected chi connectivity index (χ1v) is 13.5. The molecular formula is C29H37N9O. The number of pyridine rings is 1. The van der Waals surface area contributed by atoms with Gasteiger partial charge in [0.25, 0.3) is 5.91 Å². The number of aromatic nitrogens is 3. The van der Waals surface area contributed by atoms with Crippen molar-refractivity contribution < 1.29 is 4.79 Å². The van der Waals surface area contributed by atoms with Crippen molar-refractivity contribution in [1.82, 2.24) is 25.2 Å². The summed E-state index contributed by atoms with van der Waals surface area (Å²) in [5.41, 5.74) is 10.5. The molecule has 0 spiro atoms. The molecule has 2 aliphatic rings. The highest BCUT2D eigenvalue weighted by atomic mass is 16.1. The number of likely N-dealkylation sites (N-methyl/N-ethyl adjacent to an activating group) is 1. The van der Waals surface area contributed by atoms with Crippen LogP contribution in [0.3, 0.4) is 0 Å². The Balaban J connectivity index is 1.38. The highest BCUT2D eigenvalue weighted by molar-refractivity contribution is 5.99. The Bertz CT molecular complexity index is 1330. The number of aryl methyl sites for hydroxylation is 1. The Kier molecular flexibility index (Phi) is 7.76. The molecule has 1 atom stereocenters. The van der Waals surface area contributed by atoms with Gasteiger partial charge in [-0.05, 0) is 69.1 Å². The molecule has 204 valence electrons. The second-order valence-corrected chi connectivity index (χ2v) is 10.5. The molecule has 3 aromatic rings. The summed E-state index contributed by atoms with van der Waals surface area (Å²) in [7, 11) is 2.15. The van der Waals surface area contributed by atoms with Crippen LogP contribution in [0.5, 0.6) is 0 Å². The zero-order valence-electron chi connectivity index (χ0n) is 22.7. The van der Waals surface area contributed by atoms with E-state index < -0.39 is 5.54 Å². The third-order valence-corrected chi connectivity index (χ3v) is 7.34. The normalized spacial score (nSPS) is 19.2. The molecule has 1 amide bonds. The summed E-state index contributed by atoms with van der Waals surface area (Å²) in [5.74, 6) is 0.991. The van der Waals surface area contributed by atoms with Gasteiger partial charge in [0.1, 0.15) is 17.2 Å². The number of anilines is 5. The number of hydrogen-bond donors (Lipinski definition) is 4. The lowest BCUT2D eigenvalue weighted by Crippen LogP contribution is -2.44. The Labute approximate surface area is 229 Å². The van der Waals surface area contributed by atoms with Crippen LogP contribution in [0.4, 0.5) is 29.0 Å². The van der Waals surface area contributed by atoms with Crippen LogP contribution in [0.1, 0.15) is 41.4 Å². The number of benzene rings is 1. The highest BCUT2D eigenvalue weighted by Crippen LogP contribution is 2.33. The summed E-state index contributed by atoms with van der Waals surface area (Å²) in [6, 6.07) is 12.2. The fourth-order valence-corrected chi connectivity index (χ4v) is 5.05. The van der Waals surface area contributed by atoms with E-state index in [4.69, 9.17) is 10.7 Å². The van der Waals surface area contributed by atoms with Gasteiger partial charge in [-0.3, -0.25) is 4.79 Å². The van der Waals surface area contributed by atoms with E-state index in [2.05, 4.69) is 67.5 Å². The van der Waals surface area contributed by atoms with E-state index in [0.717, 1.165) is 62.4 Å². The molecular weight excluding hydrogens is 490 g/mol. The van der Waals surface area contributed by atoms with Crippen LogP contribution in [-0.2, 0) is 12.0 Å². The number of nitrogens with zero attached hydrogens (tertiary/aromatic N) is 5. The zero-order chi connectivity index (χ0) is 27.4. The van der Waals surface area contributed by atoms with Gasteiger partial charge in [-0.25, -0.2) is 9.97 Å². The lowest BCUT2D eigenvalue weighted by Gasteiger charge is -2.34. The second-order valence-electron chi connectivity index (χ2n) is 10.5. The van der Waals surface area contributed by atoms with E-state index in [0.29, 0.717) is 29.7 Å². The summed E-state index contributed by atoms with van der Waals surface area (Å²) in [5, 5.41) is 9.31. The number of nitrogens with two attached hydrogens (primary N) is 1. The van der Waals surface area contributed by atoms with Crippen LogP contribution in [0.2, 0.25) is 0 Å². The molecule has 1 aliphatic heterocycles. The summed E-state index contributed by atoms with van der Waals surface area (Å²) in [6.45, 7) is 10.2. The molecule has 0 radical (unpaired) electrons. The summed E-state index contributed by atoms with van der Waals surface area (Å²) in [4.78, 5) is 31.5. The zero-order valence-corrected chi connectivity index (χ0v) is 22.7. The molecule has 1 aromatic carbocycles. The first-order chi connectivity index (χ1) is 18.8. The first-order valence-electron chi connectivity index (χ1n) is 13.5. The SMILES string of the molecule is C=CCNC(=O)c1cnc(Nc2ccc(N3CCN(C)CC3)cc2)nc1Nc1ccc2c(n1)C(C)(N)CCC2.